The normalized spacial score (nSPS) is 10.4. The van der Waals surface area contributed by atoms with Gasteiger partial charge in [-0.05, 0) is 47.2 Å². The Morgan fingerprint density at radius 1 is 1.33 bits per heavy atom. The average molecular weight is 358 g/mol. The zero-order valence-electron chi connectivity index (χ0n) is 9.86. The van der Waals surface area contributed by atoms with Crippen LogP contribution in [0.4, 0.5) is 0 Å². The Kier molecular flexibility index (Phi) is 3.55. The van der Waals surface area contributed by atoms with Gasteiger partial charge in [0.25, 0.3) is 5.56 Å². The summed E-state index contributed by atoms with van der Waals surface area (Å²) in [7, 11) is 1.61. The predicted octanol–water partition coefficient (Wildman–Crippen LogP) is 1.45. The standard InChI is InChI=1S/C12H11IN2O3/c1-7-5-8(6-9(13)11(7)18-2)15-4-3-10(16)14-12(15)17/h3-6H,1-2H3,(H,14,16,17). The predicted molar refractivity (Wildman–Crippen MR) is 76.7 cm³/mol. The molecule has 0 saturated carbocycles. The van der Waals surface area contributed by atoms with Gasteiger partial charge in [-0.1, -0.05) is 0 Å². The molecule has 5 nitrogen and oxygen atoms in total. The van der Waals surface area contributed by atoms with Crippen molar-refractivity contribution in [1.29, 1.82) is 0 Å². The number of benzene rings is 1. The highest BCUT2D eigenvalue weighted by molar-refractivity contribution is 14.1. The first kappa shape index (κ1) is 12.9. The summed E-state index contributed by atoms with van der Waals surface area (Å²) in [5.41, 5.74) is 0.760. The van der Waals surface area contributed by atoms with E-state index in [9.17, 15) is 9.59 Å². The van der Waals surface area contributed by atoms with Crippen LogP contribution in [0.25, 0.3) is 5.69 Å². The van der Waals surface area contributed by atoms with Crippen molar-refractivity contribution in [2.45, 2.75) is 6.92 Å². The third-order valence-electron chi connectivity index (χ3n) is 2.52. The highest BCUT2D eigenvalue weighted by Gasteiger charge is 2.08. The van der Waals surface area contributed by atoms with Gasteiger partial charge in [-0.2, -0.15) is 0 Å². The number of H-pyrrole nitrogens is 1. The van der Waals surface area contributed by atoms with Crippen molar-refractivity contribution in [3.8, 4) is 11.4 Å². The summed E-state index contributed by atoms with van der Waals surface area (Å²) < 4.78 is 7.55. The van der Waals surface area contributed by atoms with Gasteiger partial charge in [0.15, 0.2) is 0 Å². The van der Waals surface area contributed by atoms with E-state index >= 15 is 0 Å². The van der Waals surface area contributed by atoms with Gasteiger partial charge in [0.2, 0.25) is 0 Å². The first-order valence-electron chi connectivity index (χ1n) is 5.19. The molecule has 2 rings (SSSR count). The SMILES string of the molecule is COc1c(C)cc(-n2ccc(=O)[nH]c2=O)cc1I. The van der Waals surface area contributed by atoms with Gasteiger partial charge in [-0.15, -0.1) is 0 Å². The summed E-state index contributed by atoms with van der Waals surface area (Å²) in [6.45, 7) is 1.90. The lowest BCUT2D eigenvalue weighted by molar-refractivity contribution is 0.408. The van der Waals surface area contributed by atoms with E-state index in [1.165, 1.54) is 16.8 Å². The number of hydrogen-bond acceptors (Lipinski definition) is 3. The van der Waals surface area contributed by atoms with E-state index in [0.717, 1.165) is 14.9 Å². The molecule has 0 amide bonds. The van der Waals surface area contributed by atoms with Crippen molar-refractivity contribution in [1.82, 2.24) is 9.55 Å². The molecule has 6 heteroatoms. The Bertz CT molecular complexity index is 680. The Morgan fingerprint density at radius 3 is 2.61 bits per heavy atom. The van der Waals surface area contributed by atoms with Crippen LogP contribution in [0.2, 0.25) is 0 Å². The number of methoxy groups -OCH3 is 1. The fourth-order valence-electron chi connectivity index (χ4n) is 1.73. The molecule has 1 aromatic carbocycles. The van der Waals surface area contributed by atoms with Gasteiger partial charge in [-0.3, -0.25) is 14.3 Å². The highest BCUT2D eigenvalue weighted by atomic mass is 127. The monoisotopic (exact) mass is 358 g/mol. The van der Waals surface area contributed by atoms with Crippen molar-refractivity contribution in [3.05, 3.63) is 54.4 Å². The minimum Gasteiger partial charge on any atom is -0.495 e. The number of aromatic nitrogens is 2. The first-order chi connectivity index (χ1) is 8.52. The van der Waals surface area contributed by atoms with Crippen LogP contribution in [0.1, 0.15) is 5.56 Å². The van der Waals surface area contributed by atoms with Crippen molar-refractivity contribution in [3.63, 3.8) is 0 Å². The molecule has 18 heavy (non-hydrogen) atoms. The summed E-state index contributed by atoms with van der Waals surface area (Å²) in [6.07, 6.45) is 1.46. The van der Waals surface area contributed by atoms with E-state index in [1.807, 2.05) is 19.1 Å². The van der Waals surface area contributed by atoms with Crippen molar-refractivity contribution in [2.24, 2.45) is 0 Å². The quantitative estimate of drug-likeness (QED) is 0.827. The second-order valence-electron chi connectivity index (χ2n) is 3.76. The Balaban J connectivity index is 2.65. The summed E-state index contributed by atoms with van der Waals surface area (Å²) >= 11 is 2.14. The topological polar surface area (TPSA) is 64.1 Å². The molecule has 0 fully saturated rings. The fourth-order valence-corrected chi connectivity index (χ4v) is 2.70. The molecule has 1 heterocycles. The number of hydrogen-bond donors (Lipinski definition) is 1. The molecule has 0 spiro atoms. The zero-order valence-corrected chi connectivity index (χ0v) is 12.0. The Morgan fingerprint density at radius 2 is 2.06 bits per heavy atom. The van der Waals surface area contributed by atoms with E-state index in [-0.39, 0.29) is 0 Å². The molecule has 0 aliphatic carbocycles. The maximum absolute atomic E-state index is 11.7. The molecule has 0 unspecified atom stereocenters. The Labute approximate surface area is 117 Å². The van der Waals surface area contributed by atoms with Crippen LogP contribution in [0.5, 0.6) is 5.75 Å². The van der Waals surface area contributed by atoms with Gasteiger partial charge < -0.3 is 4.74 Å². The van der Waals surface area contributed by atoms with Gasteiger partial charge >= 0.3 is 5.69 Å². The van der Waals surface area contributed by atoms with E-state index in [1.54, 1.807) is 7.11 Å². The van der Waals surface area contributed by atoms with Crippen molar-refractivity contribution < 1.29 is 4.74 Å². The number of ether oxygens (including phenoxy) is 1. The number of rotatable bonds is 2. The lowest BCUT2D eigenvalue weighted by Gasteiger charge is -2.11. The molecule has 1 aromatic heterocycles. The second kappa shape index (κ2) is 4.97. The summed E-state index contributed by atoms with van der Waals surface area (Å²) in [5.74, 6) is 0.789. The summed E-state index contributed by atoms with van der Waals surface area (Å²) in [6, 6.07) is 4.97. The molecule has 0 radical (unpaired) electrons. The zero-order chi connectivity index (χ0) is 13.3. The number of halogens is 1. The molecule has 94 valence electrons. The summed E-state index contributed by atoms with van der Waals surface area (Å²) in [5, 5.41) is 0. The second-order valence-corrected chi connectivity index (χ2v) is 4.92. The third-order valence-corrected chi connectivity index (χ3v) is 3.32. The molecule has 2 aromatic rings. The molecule has 0 aliphatic heterocycles. The largest absolute Gasteiger partial charge is 0.495 e. The molecule has 0 bridgehead atoms. The van der Waals surface area contributed by atoms with Crippen LogP contribution in [-0.4, -0.2) is 16.7 Å². The minimum absolute atomic E-state index is 0.406. The number of nitrogens with zero attached hydrogens (tertiary/aromatic N) is 1. The van der Waals surface area contributed by atoms with Crippen LogP contribution in [-0.2, 0) is 0 Å². The van der Waals surface area contributed by atoms with Crippen molar-refractivity contribution >= 4 is 22.6 Å². The van der Waals surface area contributed by atoms with Crippen LogP contribution < -0.4 is 16.0 Å². The molecule has 1 N–H and O–H groups in total. The van der Waals surface area contributed by atoms with Gasteiger partial charge in [0, 0.05) is 12.3 Å². The minimum atomic E-state index is -0.456. The lowest BCUT2D eigenvalue weighted by atomic mass is 10.2. The summed E-state index contributed by atoms with van der Waals surface area (Å²) in [4.78, 5) is 24.9. The third kappa shape index (κ3) is 2.33. The van der Waals surface area contributed by atoms with Gasteiger partial charge in [0.1, 0.15) is 5.75 Å². The number of aryl methyl sites for hydroxylation is 1. The van der Waals surface area contributed by atoms with E-state index < -0.39 is 11.2 Å². The molecular formula is C12H11IN2O3. The Hall–Kier alpha value is -1.57. The van der Waals surface area contributed by atoms with Gasteiger partial charge in [0.05, 0.1) is 16.4 Å². The van der Waals surface area contributed by atoms with Crippen LogP contribution in [0, 0.1) is 10.5 Å². The van der Waals surface area contributed by atoms with Crippen LogP contribution in [0.3, 0.4) is 0 Å². The number of aromatic amines is 1. The lowest BCUT2D eigenvalue weighted by Crippen LogP contribution is -2.27. The van der Waals surface area contributed by atoms with Gasteiger partial charge in [-0.25, -0.2) is 4.79 Å². The molecule has 0 saturated heterocycles. The van der Waals surface area contributed by atoms with E-state index in [2.05, 4.69) is 27.6 Å². The molecule has 0 aliphatic rings. The average Bonchev–Trinajstić information content (AvgIpc) is 2.28. The van der Waals surface area contributed by atoms with Crippen LogP contribution >= 0.6 is 22.6 Å². The van der Waals surface area contributed by atoms with Crippen LogP contribution in [0.15, 0.2) is 34.0 Å². The number of nitrogens with one attached hydrogen (secondary N) is 1. The molecule has 0 atom stereocenters. The highest BCUT2D eigenvalue weighted by Crippen LogP contribution is 2.27. The smallest absolute Gasteiger partial charge is 0.332 e. The first-order valence-corrected chi connectivity index (χ1v) is 6.27. The van der Waals surface area contributed by atoms with Crippen molar-refractivity contribution in [2.75, 3.05) is 7.11 Å². The fraction of sp³-hybridized carbons (Fsp3) is 0.167. The molecular weight excluding hydrogens is 347 g/mol. The maximum atomic E-state index is 11.7. The maximum Gasteiger partial charge on any atom is 0.332 e. The van der Waals surface area contributed by atoms with E-state index in [4.69, 9.17) is 4.74 Å². The van der Waals surface area contributed by atoms with E-state index in [0.29, 0.717) is 5.69 Å².